The van der Waals surface area contributed by atoms with Crippen LogP contribution in [0.15, 0.2) is 69.4 Å². The summed E-state index contributed by atoms with van der Waals surface area (Å²) in [4.78, 5) is 16.4. The van der Waals surface area contributed by atoms with Crippen molar-refractivity contribution in [2.24, 2.45) is 0 Å². The Kier molecular flexibility index (Phi) is 7.34. The zero-order chi connectivity index (χ0) is 24.3. The molecule has 2 aromatic heterocycles. The number of ether oxygens (including phenoxy) is 1. The van der Waals surface area contributed by atoms with Crippen molar-refractivity contribution in [1.82, 2.24) is 4.98 Å². The predicted molar refractivity (Wildman–Crippen MR) is 132 cm³/mol. The van der Waals surface area contributed by atoms with Crippen LogP contribution in [0, 0.1) is 0 Å². The number of hydrogen-bond acceptors (Lipinski definition) is 7. The Morgan fingerprint density at radius 1 is 1.06 bits per heavy atom. The van der Waals surface area contributed by atoms with Crippen molar-refractivity contribution in [2.75, 3.05) is 10.0 Å². The van der Waals surface area contributed by atoms with Gasteiger partial charge >= 0.3 is 0 Å². The maximum Gasteiger partial charge on any atom is 0.291 e. The first kappa shape index (κ1) is 24.4. The molecule has 0 unspecified atom stereocenters. The molecule has 2 aromatic carbocycles. The van der Waals surface area contributed by atoms with E-state index in [1.165, 1.54) is 48.7 Å². The minimum Gasteiger partial charge on any atom is -0.483 e. The summed E-state index contributed by atoms with van der Waals surface area (Å²) in [6.45, 7) is -0.0208. The molecule has 0 bridgehead atoms. The summed E-state index contributed by atoms with van der Waals surface area (Å²) >= 11 is 19.2. The Hall–Kier alpha value is -2.76. The number of sulfonamides is 1. The summed E-state index contributed by atoms with van der Waals surface area (Å²) in [6.07, 6.45) is 1.50. The first-order valence-electron chi connectivity index (χ1n) is 9.41. The number of benzene rings is 2. The first-order chi connectivity index (χ1) is 16.2. The number of thiazole rings is 1. The van der Waals surface area contributed by atoms with Crippen LogP contribution in [0.3, 0.4) is 0 Å². The van der Waals surface area contributed by atoms with Crippen LogP contribution in [0.2, 0.25) is 15.1 Å². The van der Waals surface area contributed by atoms with Crippen LogP contribution in [0.1, 0.15) is 16.3 Å². The fraction of sp³-hybridized carbons (Fsp3) is 0.0476. The van der Waals surface area contributed by atoms with Gasteiger partial charge in [0.15, 0.2) is 16.6 Å². The van der Waals surface area contributed by atoms with E-state index in [1.807, 2.05) is 0 Å². The van der Waals surface area contributed by atoms with E-state index in [4.69, 9.17) is 44.0 Å². The molecule has 0 atom stereocenters. The van der Waals surface area contributed by atoms with Crippen LogP contribution < -0.4 is 14.8 Å². The predicted octanol–water partition coefficient (Wildman–Crippen LogP) is 6.33. The van der Waals surface area contributed by atoms with E-state index in [1.54, 1.807) is 11.4 Å². The Morgan fingerprint density at radius 2 is 1.76 bits per heavy atom. The number of carbonyl (C=O) groups is 1. The van der Waals surface area contributed by atoms with Crippen molar-refractivity contribution in [1.29, 1.82) is 0 Å². The third-order valence-electron chi connectivity index (χ3n) is 4.28. The lowest BCUT2D eigenvalue weighted by molar-refractivity contribution is 0.0992. The molecule has 0 saturated heterocycles. The summed E-state index contributed by atoms with van der Waals surface area (Å²) in [5, 5.41) is 5.42. The van der Waals surface area contributed by atoms with E-state index in [9.17, 15) is 13.2 Å². The van der Waals surface area contributed by atoms with E-state index in [2.05, 4.69) is 15.0 Å². The lowest BCUT2D eigenvalue weighted by Crippen LogP contribution is -2.13. The number of aromatic nitrogens is 1. The summed E-state index contributed by atoms with van der Waals surface area (Å²) in [5.74, 6) is 0.121. The second-order valence-corrected chi connectivity index (χ2v) is 10.5. The molecule has 0 radical (unpaired) electrons. The number of carbonyl (C=O) groups excluding carboxylic acids is 1. The van der Waals surface area contributed by atoms with Gasteiger partial charge in [-0.1, -0.05) is 34.8 Å². The molecular weight excluding hydrogens is 545 g/mol. The van der Waals surface area contributed by atoms with E-state index in [0.29, 0.717) is 16.5 Å². The van der Waals surface area contributed by atoms with Crippen molar-refractivity contribution in [3.8, 4) is 5.75 Å². The minimum atomic E-state index is -3.79. The summed E-state index contributed by atoms with van der Waals surface area (Å²) in [6, 6.07) is 11.7. The fourth-order valence-corrected chi connectivity index (χ4v) is 5.46. The summed E-state index contributed by atoms with van der Waals surface area (Å²) < 4.78 is 38.3. The maximum absolute atomic E-state index is 12.5. The minimum absolute atomic E-state index is 0.0208. The number of amides is 1. The quantitative estimate of drug-likeness (QED) is 0.261. The first-order valence-corrected chi connectivity index (χ1v) is 12.9. The standard InChI is InChI=1S/C21H14Cl3N3O5S2/c22-12-9-16(23)19(17(24)10-12)31-11-14-3-6-18(32-14)20(28)26-13-1-4-15(5-2-13)34(29,30)27-21-25-7-8-33-21/h1-10H,11H2,(H,25,27)(H,26,28). The van der Waals surface area contributed by atoms with E-state index < -0.39 is 15.9 Å². The Balaban J connectivity index is 1.37. The van der Waals surface area contributed by atoms with Crippen LogP contribution in [-0.4, -0.2) is 19.3 Å². The SMILES string of the molecule is O=C(Nc1ccc(S(=O)(=O)Nc2nccs2)cc1)c1ccc(COc2c(Cl)cc(Cl)cc2Cl)o1. The Labute approximate surface area is 213 Å². The molecule has 4 aromatic rings. The van der Waals surface area contributed by atoms with Crippen molar-refractivity contribution < 1.29 is 22.4 Å². The number of nitrogens with zero attached hydrogens (tertiary/aromatic N) is 1. The van der Waals surface area contributed by atoms with Gasteiger partial charge in [-0.05, 0) is 48.5 Å². The molecule has 0 saturated carbocycles. The highest BCUT2D eigenvalue weighted by molar-refractivity contribution is 7.93. The molecule has 0 aliphatic heterocycles. The molecule has 2 N–H and O–H groups in total. The number of rotatable bonds is 8. The highest BCUT2D eigenvalue weighted by atomic mass is 35.5. The third kappa shape index (κ3) is 5.83. The second kappa shape index (κ2) is 10.2. The second-order valence-electron chi connectivity index (χ2n) is 6.67. The van der Waals surface area contributed by atoms with Gasteiger partial charge in [-0.15, -0.1) is 11.3 Å². The molecule has 0 aliphatic carbocycles. The largest absolute Gasteiger partial charge is 0.483 e. The lowest BCUT2D eigenvalue weighted by Gasteiger charge is -2.09. The van der Waals surface area contributed by atoms with Crippen LogP contribution in [0.25, 0.3) is 0 Å². The van der Waals surface area contributed by atoms with Crippen LogP contribution >= 0.6 is 46.1 Å². The molecule has 176 valence electrons. The third-order valence-corrected chi connectivity index (χ3v) is 7.24. The molecule has 4 rings (SSSR count). The molecule has 2 heterocycles. The van der Waals surface area contributed by atoms with E-state index >= 15 is 0 Å². The molecule has 8 nitrogen and oxygen atoms in total. The number of nitrogens with one attached hydrogen (secondary N) is 2. The summed E-state index contributed by atoms with van der Waals surface area (Å²) in [5.41, 5.74) is 0.382. The van der Waals surface area contributed by atoms with Gasteiger partial charge in [0, 0.05) is 22.3 Å². The van der Waals surface area contributed by atoms with Gasteiger partial charge in [-0.3, -0.25) is 9.52 Å². The van der Waals surface area contributed by atoms with Gasteiger partial charge in [-0.25, -0.2) is 13.4 Å². The fourth-order valence-electron chi connectivity index (χ4n) is 2.75. The van der Waals surface area contributed by atoms with Crippen molar-refractivity contribution in [3.05, 3.63) is 86.7 Å². The average molecular weight is 559 g/mol. The molecule has 1 amide bonds. The summed E-state index contributed by atoms with van der Waals surface area (Å²) in [7, 11) is -3.79. The molecule has 0 aliphatic rings. The maximum atomic E-state index is 12.5. The van der Waals surface area contributed by atoms with Crippen LogP contribution in [-0.2, 0) is 16.6 Å². The smallest absolute Gasteiger partial charge is 0.291 e. The number of hydrogen-bond donors (Lipinski definition) is 2. The highest BCUT2D eigenvalue weighted by Gasteiger charge is 2.17. The van der Waals surface area contributed by atoms with Crippen LogP contribution in [0.5, 0.6) is 5.75 Å². The molecular formula is C21H14Cl3N3O5S2. The van der Waals surface area contributed by atoms with Gasteiger partial charge in [0.2, 0.25) is 0 Å². The Bertz CT molecular complexity index is 1400. The normalized spacial score (nSPS) is 11.3. The van der Waals surface area contributed by atoms with Gasteiger partial charge in [0.25, 0.3) is 15.9 Å². The molecule has 13 heteroatoms. The number of halogens is 3. The Morgan fingerprint density at radius 3 is 2.41 bits per heavy atom. The van der Waals surface area contributed by atoms with E-state index in [-0.39, 0.29) is 38.2 Å². The van der Waals surface area contributed by atoms with Crippen molar-refractivity contribution in [3.63, 3.8) is 0 Å². The average Bonchev–Trinajstić information content (AvgIpc) is 3.45. The van der Waals surface area contributed by atoms with E-state index in [0.717, 1.165) is 11.3 Å². The van der Waals surface area contributed by atoms with Crippen molar-refractivity contribution in [2.45, 2.75) is 11.5 Å². The number of furan rings is 1. The van der Waals surface area contributed by atoms with Gasteiger partial charge in [0.1, 0.15) is 12.4 Å². The zero-order valence-corrected chi connectivity index (χ0v) is 20.8. The highest BCUT2D eigenvalue weighted by Crippen LogP contribution is 2.36. The molecule has 0 fully saturated rings. The molecule has 34 heavy (non-hydrogen) atoms. The van der Waals surface area contributed by atoms with Gasteiger partial charge < -0.3 is 14.5 Å². The molecule has 0 spiro atoms. The lowest BCUT2D eigenvalue weighted by atomic mass is 10.3. The monoisotopic (exact) mass is 557 g/mol. The number of anilines is 2. The zero-order valence-electron chi connectivity index (χ0n) is 16.9. The van der Waals surface area contributed by atoms with Gasteiger partial charge in [0.05, 0.1) is 14.9 Å². The van der Waals surface area contributed by atoms with Crippen LogP contribution in [0.4, 0.5) is 10.8 Å². The van der Waals surface area contributed by atoms with Gasteiger partial charge in [-0.2, -0.15) is 0 Å². The van der Waals surface area contributed by atoms with Crippen molar-refractivity contribution >= 4 is 72.9 Å². The topological polar surface area (TPSA) is 111 Å².